The van der Waals surface area contributed by atoms with Crippen molar-refractivity contribution in [3.8, 4) is 0 Å². The van der Waals surface area contributed by atoms with Gasteiger partial charge in [0.25, 0.3) is 0 Å². The van der Waals surface area contributed by atoms with Gasteiger partial charge in [-0.25, -0.2) is 0 Å². The predicted molar refractivity (Wildman–Crippen MR) is 36.8 cm³/mol. The smallest absolute Gasteiger partial charge is 0.306 e. The average Bonchev–Trinajstić information content (AvgIpc) is 1.82. The molecular formula is C5H9BrO3. The molecule has 0 aromatic heterocycles. The molecule has 0 aliphatic heterocycles. The Morgan fingerprint density at radius 1 is 1.89 bits per heavy atom. The van der Waals surface area contributed by atoms with E-state index < -0.39 is 5.97 Å². The van der Waals surface area contributed by atoms with Crippen LogP contribution < -0.4 is 0 Å². The molecule has 0 aliphatic rings. The maximum absolute atomic E-state index is 10.0. The third-order valence-corrected chi connectivity index (χ3v) is 1.63. The summed E-state index contributed by atoms with van der Waals surface area (Å²) in [6.45, 7) is 0. The molecular weight excluding hydrogens is 188 g/mol. The Morgan fingerprint density at radius 2 is 2.44 bits per heavy atom. The van der Waals surface area contributed by atoms with Gasteiger partial charge in [-0.15, -0.1) is 0 Å². The van der Waals surface area contributed by atoms with Crippen molar-refractivity contribution in [1.29, 1.82) is 0 Å². The molecule has 0 rings (SSSR count). The van der Waals surface area contributed by atoms with E-state index in [1.54, 1.807) is 0 Å². The number of hydrogen-bond acceptors (Lipinski definition) is 2. The third kappa shape index (κ3) is 4.42. The van der Waals surface area contributed by atoms with Gasteiger partial charge in [0.2, 0.25) is 0 Å². The van der Waals surface area contributed by atoms with Crippen molar-refractivity contribution in [2.75, 3.05) is 12.4 Å². The van der Waals surface area contributed by atoms with Gasteiger partial charge in [0, 0.05) is 12.4 Å². The van der Waals surface area contributed by atoms with E-state index in [-0.39, 0.29) is 12.5 Å². The number of carbonyl (C=O) groups is 1. The van der Waals surface area contributed by atoms with Gasteiger partial charge in [0.05, 0.1) is 12.5 Å². The molecule has 0 aromatic carbocycles. The summed E-state index contributed by atoms with van der Waals surface area (Å²) in [6, 6.07) is 0. The summed E-state index contributed by atoms with van der Waals surface area (Å²) >= 11 is 3.12. The van der Waals surface area contributed by atoms with Crippen LogP contribution in [0.3, 0.4) is 0 Å². The first kappa shape index (κ1) is 8.91. The van der Waals surface area contributed by atoms with Crippen molar-refractivity contribution >= 4 is 21.9 Å². The van der Waals surface area contributed by atoms with E-state index in [1.807, 2.05) is 0 Å². The normalized spacial score (nSPS) is 13.1. The van der Waals surface area contributed by atoms with Crippen LogP contribution in [0.4, 0.5) is 0 Å². The lowest BCUT2D eigenvalue weighted by Gasteiger charge is -2.06. The van der Waals surface area contributed by atoms with Gasteiger partial charge in [-0.1, -0.05) is 15.9 Å². The fraction of sp³-hybridized carbons (Fsp3) is 0.800. The topological polar surface area (TPSA) is 46.5 Å². The lowest BCUT2D eigenvalue weighted by molar-refractivity contribution is -0.139. The first-order chi connectivity index (χ1) is 4.20. The molecule has 0 saturated carbocycles. The fourth-order valence-corrected chi connectivity index (χ4v) is 0.889. The van der Waals surface area contributed by atoms with Crippen LogP contribution in [-0.4, -0.2) is 29.6 Å². The molecule has 4 heteroatoms. The van der Waals surface area contributed by atoms with Crippen LogP contribution in [-0.2, 0) is 9.53 Å². The van der Waals surface area contributed by atoms with E-state index in [0.717, 1.165) is 0 Å². The van der Waals surface area contributed by atoms with E-state index in [9.17, 15) is 4.79 Å². The second kappa shape index (κ2) is 4.76. The molecule has 1 N–H and O–H groups in total. The van der Waals surface area contributed by atoms with Gasteiger partial charge < -0.3 is 9.84 Å². The highest BCUT2D eigenvalue weighted by Crippen LogP contribution is 2.00. The SMILES string of the molecule is COC(CBr)CC(=O)O. The number of hydrogen-bond donors (Lipinski definition) is 1. The van der Waals surface area contributed by atoms with E-state index in [1.165, 1.54) is 7.11 Å². The van der Waals surface area contributed by atoms with Crippen molar-refractivity contribution in [2.45, 2.75) is 12.5 Å². The van der Waals surface area contributed by atoms with Gasteiger partial charge in [-0.3, -0.25) is 4.79 Å². The van der Waals surface area contributed by atoms with Crippen LogP contribution >= 0.6 is 15.9 Å². The second-order valence-corrected chi connectivity index (χ2v) is 2.26. The minimum atomic E-state index is -0.832. The quantitative estimate of drug-likeness (QED) is 0.680. The molecule has 0 spiro atoms. The van der Waals surface area contributed by atoms with Crippen LogP contribution in [0.15, 0.2) is 0 Å². The molecule has 1 unspecified atom stereocenters. The highest BCUT2D eigenvalue weighted by molar-refractivity contribution is 9.09. The molecule has 0 aromatic rings. The number of alkyl halides is 1. The fourth-order valence-electron chi connectivity index (χ4n) is 0.396. The molecule has 9 heavy (non-hydrogen) atoms. The Morgan fingerprint density at radius 3 is 2.56 bits per heavy atom. The molecule has 0 bridgehead atoms. The first-order valence-electron chi connectivity index (χ1n) is 2.51. The summed E-state index contributed by atoms with van der Waals surface area (Å²) < 4.78 is 4.78. The zero-order chi connectivity index (χ0) is 7.28. The van der Waals surface area contributed by atoms with E-state index in [2.05, 4.69) is 15.9 Å². The van der Waals surface area contributed by atoms with Crippen LogP contribution in [0.2, 0.25) is 0 Å². The number of methoxy groups -OCH3 is 1. The maximum Gasteiger partial charge on any atom is 0.306 e. The summed E-state index contributed by atoms with van der Waals surface area (Å²) in [5, 5.41) is 8.81. The molecule has 0 heterocycles. The van der Waals surface area contributed by atoms with Crippen molar-refractivity contribution in [1.82, 2.24) is 0 Å². The standard InChI is InChI=1S/C5H9BrO3/c1-9-4(3-6)2-5(7)8/h4H,2-3H2,1H3,(H,7,8). The van der Waals surface area contributed by atoms with E-state index in [0.29, 0.717) is 5.33 Å². The maximum atomic E-state index is 10.0. The molecule has 0 saturated heterocycles. The Kier molecular flexibility index (Phi) is 4.71. The van der Waals surface area contributed by atoms with Crippen molar-refractivity contribution in [3.63, 3.8) is 0 Å². The third-order valence-electron chi connectivity index (χ3n) is 0.908. The number of carboxylic acid groups (broad SMARTS) is 1. The largest absolute Gasteiger partial charge is 0.481 e. The summed E-state index contributed by atoms with van der Waals surface area (Å²) in [5.74, 6) is -0.832. The lowest BCUT2D eigenvalue weighted by Crippen LogP contribution is -2.16. The molecule has 0 amide bonds. The minimum absolute atomic E-state index is 0.0573. The van der Waals surface area contributed by atoms with Crippen LogP contribution in [0.5, 0.6) is 0 Å². The monoisotopic (exact) mass is 196 g/mol. The van der Waals surface area contributed by atoms with E-state index >= 15 is 0 Å². The van der Waals surface area contributed by atoms with Gasteiger partial charge in [-0.2, -0.15) is 0 Å². The first-order valence-corrected chi connectivity index (χ1v) is 3.63. The van der Waals surface area contributed by atoms with Crippen LogP contribution in [0.1, 0.15) is 6.42 Å². The number of rotatable bonds is 4. The molecule has 54 valence electrons. The number of carboxylic acids is 1. The summed E-state index contributed by atoms with van der Waals surface area (Å²) in [5.41, 5.74) is 0. The lowest BCUT2D eigenvalue weighted by atomic mass is 10.3. The Hall–Kier alpha value is -0.0900. The molecule has 0 aliphatic carbocycles. The van der Waals surface area contributed by atoms with Gasteiger partial charge in [0.15, 0.2) is 0 Å². The Balaban J connectivity index is 3.43. The highest BCUT2D eigenvalue weighted by atomic mass is 79.9. The van der Waals surface area contributed by atoms with E-state index in [4.69, 9.17) is 9.84 Å². The van der Waals surface area contributed by atoms with Crippen molar-refractivity contribution in [2.24, 2.45) is 0 Å². The molecule has 3 nitrogen and oxygen atoms in total. The minimum Gasteiger partial charge on any atom is -0.481 e. The summed E-state index contributed by atoms with van der Waals surface area (Å²) in [4.78, 5) is 10.0. The zero-order valence-corrected chi connectivity index (χ0v) is 6.72. The molecule has 0 radical (unpaired) electrons. The number of aliphatic carboxylic acids is 1. The second-order valence-electron chi connectivity index (χ2n) is 1.61. The van der Waals surface area contributed by atoms with Gasteiger partial charge >= 0.3 is 5.97 Å². The molecule has 1 atom stereocenters. The van der Waals surface area contributed by atoms with Crippen molar-refractivity contribution in [3.05, 3.63) is 0 Å². The number of ether oxygens (including phenoxy) is 1. The number of halogens is 1. The average molecular weight is 197 g/mol. The Bertz CT molecular complexity index is 90.2. The van der Waals surface area contributed by atoms with Crippen LogP contribution in [0.25, 0.3) is 0 Å². The van der Waals surface area contributed by atoms with Gasteiger partial charge in [0.1, 0.15) is 0 Å². The summed E-state index contributed by atoms with van der Waals surface area (Å²) in [6.07, 6.45) is -0.149. The molecule has 0 fully saturated rings. The Labute approximate surface area is 62.1 Å². The highest BCUT2D eigenvalue weighted by Gasteiger charge is 2.08. The zero-order valence-electron chi connectivity index (χ0n) is 5.13. The van der Waals surface area contributed by atoms with Crippen LogP contribution in [0, 0.1) is 0 Å². The van der Waals surface area contributed by atoms with Crippen molar-refractivity contribution < 1.29 is 14.6 Å². The van der Waals surface area contributed by atoms with Gasteiger partial charge in [-0.05, 0) is 0 Å². The summed E-state index contributed by atoms with van der Waals surface area (Å²) in [7, 11) is 1.49. The predicted octanol–water partition coefficient (Wildman–Crippen LogP) is 0.871.